The summed E-state index contributed by atoms with van der Waals surface area (Å²) in [4.78, 5) is 17.5. The van der Waals surface area contributed by atoms with Crippen LogP contribution in [0.5, 0.6) is 11.5 Å². The van der Waals surface area contributed by atoms with Crippen LogP contribution in [0.25, 0.3) is 0 Å². The number of aryl methyl sites for hydroxylation is 1. The number of ether oxygens (including phenoxy) is 2. The maximum Gasteiger partial charge on any atom is 0.261 e. The minimum atomic E-state index is -0.433. The van der Waals surface area contributed by atoms with Gasteiger partial charge in [-0.05, 0) is 66.8 Å². The highest BCUT2D eigenvalue weighted by Crippen LogP contribution is 2.28. The van der Waals surface area contributed by atoms with Gasteiger partial charge in [0, 0.05) is 51.4 Å². The van der Waals surface area contributed by atoms with E-state index in [4.69, 9.17) is 9.47 Å². The summed E-state index contributed by atoms with van der Waals surface area (Å²) in [7, 11) is 0. The van der Waals surface area contributed by atoms with E-state index in [0.717, 1.165) is 56.2 Å². The zero-order valence-electron chi connectivity index (χ0n) is 21.9. The molecule has 2 aliphatic rings. The van der Waals surface area contributed by atoms with Crippen molar-refractivity contribution in [2.75, 3.05) is 44.2 Å². The third-order valence-corrected chi connectivity index (χ3v) is 7.42. The van der Waals surface area contributed by atoms with E-state index in [1.165, 1.54) is 22.4 Å². The molecule has 2 heterocycles. The molecule has 0 spiro atoms. The molecule has 5 rings (SSSR count). The van der Waals surface area contributed by atoms with Crippen LogP contribution in [-0.4, -0.2) is 56.2 Å². The number of fused-ring (bicyclic) bond motifs is 1. The molecule has 0 saturated carbocycles. The minimum absolute atomic E-state index is 0.0594. The molecular weight excluding hydrogens is 462 g/mol. The van der Waals surface area contributed by atoms with Crippen molar-refractivity contribution in [3.63, 3.8) is 0 Å². The van der Waals surface area contributed by atoms with Gasteiger partial charge < -0.3 is 19.7 Å². The van der Waals surface area contributed by atoms with Crippen LogP contribution in [0.1, 0.15) is 28.7 Å². The van der Waals surface area contributed by atoms with Crippen molar-refractivity contribution >= 4 is 11.6 Å². The second-order valence-corrected chi connectivity index (χ2v) is 10.0. The van der Waals surface area contributed by atoms with Gasteiger partial charge >= 0.3 is 0 Å². The molecule has 0 aliphatic carbocycles. The topological polar surface area (TPSA) is 54.0 Å². The van der Waals surface area contributed by atoms with Gasteiger partial charge in [0.1, 0.15) is 11.5 Å². The van der Waals surface area contributed by atoms with Crippen LogP contribution < -0.4 is 19.7 Å². The SMILES string of the molecule is Cc1cccc(N2CCN(Cc3cccc(OCCCNC(=O)C4Cc5ccccc5O4)c3)CC2)c1C. The summed E-state index contributed by atoms with van der Waals surface area (Å²) in [5.74, 6) is 1.64. The summed E-state index contributed by atoms with van der Waals surface area (Å²) < 4.78 is 11.7. The van der Waals surface area contributed by atoms with Crippen molar-refractivity contribution in [3.8, 4) is 11.5 Å². The Morgan fingerprint density at radius 2 is 1.81 bits per heavy atom. The normalized spacial score (nSPS) is 17.2. The lowest BCUT2D eigenvalue weighted by Gasteiger charge is -2.37. The maximum absolute atomic E-state index is 12.4. The van der Waals surface area contributed by atoms with Crippen molar-refractivity contribution in [2.24, 2.45) is 0 Å². The van der Waals surface area contributed by atoms with E-state index in [1.54, 1.807) is 0 Å². The highest BCUT2D eigenvalue weighted by molar-refractivity contribution is 5.82. The summed E-state index contributed by atoms with van der Waals surface area (Å²) in [6.07, 6.45) is 0.944. The Kier molecular flexibility index (Phi) is 7.95. The molecule has 6 nitrogen and oxygen atoms in total. The van der Waals surface area contributed by atoms with Gasteiger partial charge in [0.05, 0.1) is 6.61 Å². The van der Waals surface area contributed by atoms with Crippen LogP contribution in [0.3, 0.4) is 0 Å². The molecule has 3 aromatic rings. The van der Waals surface area contributed by atoms with Crippen LogP contribution in [-0.2, 0) is 17.8 Å². The third kappa shape index (κ3) is 6.25. The Morgan fingerprint density at radius 1 is 1.00 bits per heavy atom. The van der Waals surface area contributed by atoms with Crippen molar-refractivity contribution in [3.05, 3.63) is 89.0 Å². The molecule has 1 atom stereocenters. The first-order chi connectivity index (χ1) is 18.1. The van der Waals surface area contributed by atoms with Gasteiger partial charge in [-0.1, -0.05) is 42.5 Å². The predicted octanol–water partition coefficient (Wildman–Crippen LogP) is 4.51. The summed E-state index contributed by atoms with van der Waals surface area (Å²) >= 11 is 0. The molecule has 1 N–H and O–H groups in total. The van der Waals surface area contributed by atoms with E-state index in [-0.39, 0.29) is 5.91 Å². The van der Waals surface area contributed by atoms with Gasteiger partial charge in [-0.15, -0.1) is 0 Å². The average molecular weight is 500 g/mol. The molecular formula is C31H37N3O3. The zero-order valence-corrected chi connectivity index (χ0v) is 21.9. The Labute approximate surface area is 220 Å². The number of nitrogens with zero attached hydrogens (tertiary/aromatic N) is 2. The number of rotatable bonds is 9. The first kappa shape index (κ1) is 25.2. The van der Waals surface area contributed by atoms with Gasteiger partial charge in [-0.3, -0.25) is 9.69 Å². The van der Waals surface area contributed by atoms with Crippen LogP contribution in [0.15, 0.2) is 66.7 Å². The summed E-state index contributed by atoms with van der Waals surface area (Å²) in [6.45, 7) is 10.7. The molecule has 1 amide bonds. The van der Waals surface area contributed by atoms with Gasteiger partial charge in [-0.25, -0.2) is 0 Å². The quantitative estimate of drug-likeness (QED) is 0.439. The fraction of sp³-hybridized carbons (Fsp3) is 0.387. The highest BCUT2D eigenvalue weighted by atomic mass is 16.5. The molecule has 6 heteroatoms. The molecule has 1 unspecified atom stereocenters. The zero-order chi connectivity index (χ0) is 25.6. The summed E-state index contributed by atoms with van der Waals surface area (Å²) in [5, 5.41) is 2.98. The molecule has 1 saturated heterocycles. The van der Waals surface area contributed by atoms with E-state index in [9.17, 15) is 4.79 Å². The van der Waals surface area contributed by atoms with Gasteiger partial charge in [-0.2, -0.15) is 0 Å². The van der Waals surface area contributed by atoms with Gasteiger partial charge in [0.2, 0.25) is 0 Å². The van der Waals surface area contributed by atoms with Crippen LogP contribution in [0.2, 0.25) is 0 Å². The fourth-order valence-corrected chi connectivity index (χ4v) is 5.13. The number of hydrogen-bond donors (Lipinski definition) is 1. The van der Waals surface area contributed by atoms with Gasteiger partial charge in [0.15, 0.2) is 6.10 Å². The molecule has 0 bridgehead atoms. The largest absolute Gasteiger partial charge is 0.494 e. The monoisotopic (exact) mass is 499 g/mol. The number of carbonyl (C=O) groups excluding carboxylic acids is 1. The van der Waals surface area contributed by atoms with E-state index in [0.29, 0.717) is 19.6 Å². The Bertz CT molecular complexity index is 1190. The fourth-order valence-electron chi connectivity index (χ4n) is 5.13. The van der Waals surface area contributed by atoms with Crippen molar-refractivity contribution in [1.29, 1.82) is 0 Å². The molecule has 2 aliphatic heterocycles. The van der Waals surface area contributed by atoms with Crippen molar-refractivity contribution in [2.45, 2.75) is 39.3 Å². The summed E-state index contributed by atoms with van der Waals surface area (Å²) in [5.41, 5.74) is 6.47. The van der Waals surface area contributed by atoms with Crippen LogP contribution in [0, 0.1) is 13.8 Å². The molecule has 194 valence electrons. The third-order valence-electron chi connectivity index (χ3n) is 7.42. The van der Waals surface area contributed by atoms with Crippen molar-refractivity contribution < 1.29 is 14.3 Å². The van der Waals surface area contributed by atoms with Gasteiger partial charge in [0.25, 0.3) is 5.91 Å². The minimum Gasteiger partial charge on any atom is -0.494 e. The van der Waals surface area contributed by atoms with Crippen LogP contribution >= 0.6 is 0 Å². The number of carbonyl (C=O) groups is 1. The Morgan fingerprint density at radius 3 is 2.65 bits per heavy atom. The van der Waals surface area contributed by atoms with Crippen molar-refractivity contribution in [1.82, 2.24) is 10.2 Å². The number of piperazine rings is 1. The predicted molar refractivity (Wildman–Crippen MR) is 148 cm³/mol. The molecule has 1 fully saturated rings. The van der Waals surface area contributed by atoms with Crippen LogP contribution in [0.4, 0.5) is 5.69 Å². The number of benzene rings is 3. The Hall–Kier alpha value is -3.51. The lowest BCUT2D eigenvalue weighted by Crippen LogP contribution is -2.46. The smallest absolute Gasteiger partial charge is 0.261 e. The number of amides is 1. The number of hydrogen-bond acceptors (Lipinski definition) is 5. The molecule has 0 radical (unpaired) electrons. The second-order valence-electron chi connectivity index (χ2n) is 10.0. The van der Waals surface area contributed by atoms with E-state index < -0.39 is 6.10 Å². The van der Waals surface area contributed by atoms with E-state index in [1.807, 2.05) is 30.3 Å². The van der Waals surface area contributed by atoms with E-state index >= 15 is 0 Å². The first-order valence-electron chi connectivity index (χ1n) is 13.3. The number of para-hydroxylation sites is 1. The molecule has 0 aromatic heterocycles. The molecule has 37 heavy (non-hydrogen) atoms. The maximum atomic E-state index is 12.4. The first-order valence-corrected chi connectivity index (χ1v) is 13.3. The number of anilines is 1. The average Bonchev–Trinajstić information content (AvgIpc) is 3.35. The number of nitrogens with one attached hydrogen (secondary N) is 1. The lowest BCUT2D eigenvalue weighted by molar-refractivity contribution is -0.127. The van der Waals surface area contributed by atoms with E-state index in [2.05, 4.69) is 65.4 Å². The lowest BCUT2D eigenvalue weighted by atomic mass is 10.1. The summed E-state index contributed by atoms with van der Waals surface area (Å²) in [6, 6.07) is 22.8. The standard InChI is InChI=1S/C31H37N3O3/c1-23-8-5-12-28(24(23)2)34-17-15-33(16-18-34)22-25-9-6-11-27(20-25)36-19-7-14-32-31(35)30-21-26-10-3-4-13-29(26)37-30/h3-6,8-13,20,30H,7,14-19,21-22H2,1-2H3,(H,32,35). The molecule has 3 aromatic carbocycles. The second kappa shape index (κ2) is 11.7. The Balaban J connectivity index is 1.01. The highest BCUT2D eigenvalue weighted by Gasteiger charge is 2.28.